The maximum Gasteiger partial charge on any atom is 0.236 e. The number of nitrogens with zero attached hydrogens (tertiary/aromatic N) is 1. The molecule has 6 heteroatoms. The van der Waals surface area contributed by atoms with Crippen LogP contribution in [-0.4, -0.2) is 16.5 Å². The van der Waals surface area contributed by atoms with Crippen LogP contribution in [0.1, 0.15) is 0 Å². The number of hydrogen-bond acceptors (Lipinski definition) is 2. The van der Waals surface area contributed by atoms with Gasteiger partial charge in [0, 0.05) is 23.2 Å². The fraction of sp³-hybridized carbons (Fsp3) is 0.182. The van der Waals surface area contributed by atoms with Gasteiger partial charge in [0.25, 0.3) is 0 Å². The van der Waals surface area contributed by atoms with Crippen molar-refractivity contribution in [3.63, 3.8) is 0 Å². The van der Waals surface area contributed by atoms with Crippen LogP contribution in [0.3, 0.4) is 0 Å². The van der Waals surface area contributed by atoms with Crippen molar-refractivity contribution in [3.8, 4) is 0 Å². The molecule has 0 spiro atoms. The number of carbonyl (C=O) groups is 1. The number of rotatable bonds is 3. The highest BCUT2D eigenvalue weighted by Gasteiger charge is 2.12. The number of halogens is 2. The molecule has 0 aliphatic heterocycles. The minimum absolute atomic E-state index is 0.301. The van der Waals surface area contributed by atoms with Gasteiger partial charge in [-0.1, -0.05) is 23.2 Å². The molecule has 1 atom stereocenters. The summed E-state index contributed by atoms with van der Waals surface area (Å²) in [6.45, 7) is 0.301. The molecule has 1 amide bonds. The Hall–Kier alpha value is -1.23. The normalized spacial score (nSPS) is 12.9. The van der Waals surface area contributed by atoms with Crippen molar-refractivity contribution in [1.29, 1.82) is 0 Å². The summed E-state index contributed by atoms with van der Waals surface area (Å²) in [6.07, 6.45) is 1.80. The number of fused-ring (bicyclic) bond motifs is 1. The number of hydrogen-bond donors (Lipinski definition) is 2. The molecule has 1 aromatic heterocycles. The molecule has 1 aromatic carbocycles. The third kappa shape index (κ3) is 2.39. The first-order chi connectivity index (χ1) is 7.99. The molecular formula is C11H11Cl2N3O. The van der Waals surface area contributed by atoms with Gasteiger partial charge in [-0.05, 0) is 18.2 Å². The summed E-state index contributed by atoms with van der Waals surface area (Å²) in [5.74, 6) is -0.542. The van der Waals surface area contributed by atoms with Crippen molar-refractivity contribution in [2.45, 2.75) is 12.6 Å². The van der Waals surface area contributed by atoms with Crippen LogP contribution in [-0.2, 0) is 11.3 Å². The van der Waals surface area contributed by atoms with Crippen molar-refractivity contribution >= 4 is 40.0 Å². The van der Waals surface area contributed by atoms with E-state index in [0.29, 0.717) is 16.6 Å². The van der Waals surface area contributed by atoms with Crippen molar-refractivity contribution < 1.29 is 4.79 Å². The molecule has 17 heavy (non-hydrogen) atoms. The lowest BCUT2D eigenvalue weighted by atomic mass is 10.2. The third-order valence-electron chi connectivity index (χ3n) is 2.56. The van der Waals surface area contributed by atoms with Crippen LogP contribution in [0.25, 0.3) is 10.9 Å². The number of amides is 1. The zero-order valence-corrected chi connectivity index (χ0v) is 10.4. The second kappa shape index (κ2) is 4.56. The van der Waals surface area contributed by atoms with Gasteiger partial charge in [-0.2, -0.15) is 0 Å². The van der Waals surface area contributed by atoms with Gasteiger partial charge in [0.15, 0.2) is 0 Å². The van der Waals surface area contributed by atoms with Crippen molar-refractivity contribution in [1.82, 2.24) is 4.57 Å². The molecule has 0 bridgehead atoms. The largest absolute Gasteiger partial charge is 0.368 e. The minimum atomic E-state index is -0.733. The molecule has 1 unspecified atom stereocenters. The molecule has 0 aliphatic rings. The van der Waals surface area contributed by atoms with Crippen molar-refractivity contribution in [3.05, 3.63) is 34.4 Å². The molecule has 4 nitrogen and oxygen atoms in total. The molecule has 0 saturated carbocycles. The van der Waals surface area contributed by atoms with Crippen LogP contribution in [0.2, 0.25) is 10.0 Å². The number of aromatic nitrogens is 1. The molecule has 4 N–H and O–H groups in total. The third-order valence-corrected chi connectivity index (χ3v) is 3.09. The quantitative estimate of drug-likeness (QED) is 0.893. The maximum absolute atomic E-state index is 10.9. The molecular weight excluding hydrogens is 261 g/mol. The van der Waals surface area contributed by atoms with E-state index in [9.17, 15) is 4.79 Å². The molecule has 0 fully saturated rings. The van der Waals surface area contributed by atoms with Crippen LogP contribution in [0.5, 0.6) is 0 Å². The minimum Gasteiger partial charge on any atom is -0.368 e. The van der Waals surface area contributed by atoms with Gasteiger partial charge in [0.2, 0.25) is 5.91 Å². The zero-order chi connectivity index (χ0) is 12.6. The van der Waals surface area contributed by atoms with E-state index >= 15 is 0 Å². The molecule has 2 aromatic rings. The molecule has 0 radical (unpaired) electrons. The summed E-state index contributed by atoms with van der Waals surface area (Å²) >= 11 is 12.0. The second-order valence-corrected chi connectivity index (χ2v) is 4.64. The monoisotopic (exact) mass is 271 g/mol. The van der Waals surface area contributed by atoms with E-state index in [1.165, 1.54) is 0 Å². The maximum atomic E-state index is 10.9. The van der Waals surface area contributed by atoms with Gasteiger partial charge in [-0.15, -0.1) is 0 Å². The highest BCUT2D eigenvalue weighted by molar-refractivity contribution is 6.38. The van der Waals surface area contributed by atoms with Gasteiger partial charge in [-0.3, -0.25) is 4.79 Å². The van der Waals surface area contributed by atoms with Crippen LogP contribution < -0.4 is 11.5 Å². The predicted molar refractivity (Wildman–Crippen MR) is 69.1 cm³/mol. The summed E-state index contributed by atoms with van der Waals surface area (Å²) < 4.78 is 1.81. The summed E-state index contributed by atoms with van der Waals surface area (Å²) in [5, 5.41) is 1.97. The Morgan fingerprint density at radius 3 is 2.76 bits per heavy atom. The Labute approximate surface area is 108 Å². The Bertz CT molecular complexity index is 579. The number of benzene rings is 1. The lowest BCUT2D eigenvalue weighted by molar-refractivity contribution is -0.119. The molecule has 0 saturated heterocycles. The fourth-order valence-corrected chi connectivity index (χ4v) is 2.23. The first-order valence-electron chi connectivity index (χ1n) is 4.98. The molecule has 1 heterocycles. The van der Waals surface area contributed by atoms with Crippen LogP contribution in [0, 0.1) is 0 Å². The lowest BCUT2D eigenvalue weighted by Crippen LogP contribution is -2.39. The SMILES string of the molecule is NC(=O)C(N)Cn1ccc2c(Cl)cc(Cl)cc21. The number of primary amides is 1. The van der Waals surface area contributed by atoms with Gasteiger partial charge in [0.05, 0.1) is 10.5 Å². The molecule has 0 aliphatic carbocycles. The highest BCUT2D eigenvalue weighted by atomic mass is 35.5. The van der Waals surface area contributed by atoms with E-state index in [2.05, 4.69) is 0 Å². The second-order valence-electron chi connectivity index (χ2n) is 3.80. The Kier molecular flexibility index (Phi) is 3.28. The molecule has 90 valence electrons. The Morgan fingerprint density at radius 2 is 2.12 bits per heavy atom. The van der Waals surface area contributed by atoms with Crippen LogP contribution in [0.4, 0.5) is 0 Å². The highest BCUT2D eigenvalue weighted by Crippen LogP contribution is 2.28. The first kappa shape index (κ1) is 12.2. The van der Waals surface area contributed by atoms with E-state index in [4.69, 9.17) is 34.7 Å². The number of carbonyl (C=O) groups excluding carboxylic acids is 1. The Balaban J connectivity index is 2.45. The number of nitrogens with two attached hydrogens (primary N) is 2. The van der Waals surface area contributed by atoms with E-state index in [-0.39, 0.29) is 0 Å². The summed E-state index contributed by atoms with van der Waals surface area (Å²) in [4.78, 5) is 10.9. The van der Waals surface area contributed by atoms with Gasteiger partial charge in [-0.25, -0.2) is 0 Å². The van der Waals surface area contributed by atoms with Gasteiger partial charge in [0.1, 0.15) is 6.04 Å². The summed E-state index contributed by atoms with van der Waals surface area (Å²) in [5.41, 5.74) is 11.6. The smallest absolute Gasteiger partial charge is 0.236 e. The van der Waals surface area contributed by atoms with Crippen LogP contribution >= 0.6 is 23.2 Å². The standard InChI is InChI=1S/C11H11Cl2N3O/c12-6-3-8(13)7-1-2-16(10(7)4-6)5-9(14)11(15)17/h1-4,9H,5,14H2,(H2,15,17). The summed E-state index contributed by atoms with van der Waals surface area (Å²) in [6, 6.07) is 4.56. The average Bonchev–Trinajstić information content (AvgIpc) is 2.61. The van der Waals surface area contributed by atoms with E-state index in [1.54, 1.807) is 18.3 Å². The first-order valence-corrected chi connectivity index (χ1v) is 5.73. The van der Waals surface area contributed by atoms with Gasteiger partial charge >= 0.3 is 0 Å². The van der Waals surface area contributed by atoms with E-state index < -0.39 is 11.9 Å². The summed E-state index contributed by atoms with van der Waals surface area (Å²) in [7, 11) is 0. The molecule has 2 rings (SSSR count). The topological polar surface area (TPSA) is 74.0 Å². The fourth-order valence-electron chi connectivity index (χ4n) is 1.68. The lowest BCUT2D eigenvalue weighted by Gasteiger charge is -2.10. The van der Waals surface area contributed by atoms with Gasteiger partial charge < -0.3 is 16.0 Å². The Morgan fingerprint density at radius 1 is 1.41 bits per heavy atom. The average molecular weight is 272 g/mol. The van der Waals surface area contributed by atoms with E-state index in [1.807, 2.05) is 10.6 Å². The van der Waals surface area contributed by atoms with Crippen LogP contribution in [0.15, 0.2) is 24.4 Å². The predicted octanol–water partition coefficient (Wildman–Crippen LogP) is 1.76. The zero-order valence-electron chi connectivity index (χ0n) is 8.86. The van der Waals surface area contributed by atoms with E-state index in [0.717, 1.165) is 10.9 Å². The van der Waals surface area contributed by atoms with Crippen molar-refractivity contribution in [2.24, 2.45) is 11.5 Å². The van der Waals surface area contributed by atoms with Crippen molar-refractivity contribution in [2.75, 3.05) is 0 Å².